The quantitative estimate of drug-likeness (QED) is 0.941. The van der Waals surface area contributed by atoms with Gasteiger partial charge in [0.05, 0.1) is 4.90 Å². The summed E-state index contributed by atoms with van der Waals surface area (Å²) in [4.78, 5) is 0.136. The van der Waals surface area contributed by atoms with Gasteiger partial charge in [-0.3, -0.25) is 0 Å². The van der Waals surface area contributed by atoms with E-state index in [0.717, 1.165) is 24.8 Å². The number of nitrogens with one attached hydrogen (secondary N) is 1. The lowest BCUT2D eigenvalue weighted by Gasteiger charge is -2.26. The van der Waals surface area contributed by atoms with E-state index in [1.807, 2.05) is 24.3 Å². The van der Waals surface area contributed by atoms with Gasteiger partial charge >= 0.3 is 0 Å². The minimum absolute atomic E-state index is 0.136. The summed E-state index contributed by atoms with van der Waals surface area (Å²) in [6.07, 6.45) is 2.70. The van der Waals surface area contributed by atoms with Gasteiger partial charge < -0.3 is 0 Å². The highest BCUT2D eigenvalue weighted by Gasteiger charge is 2.26. The smallest absolute Gasteiger partial charge is 0.207 e. The molecule has 0 fully saturated rings. The van der Waals surface area contributed by atoms with Crippen molar-refractivity contribution < 1.29 is 12.8 Å². The molecule has 1 aliphatic carbocycles. The normalized spacial score (nSPS) is 18.0. The number of fused-ring (bicyclic) bond motifs is 1. The highest BCUT2D eigenvalue weighted by atomic mass is 32.2. The minimum atomic E-state index is -3.67. The topological polar surface area (TPSA) is 46.2 Å². The summed E-state index contributed by atoms with van der Waals surface area (Å²) in [6, 6.07) is 11.4. The lowest BCUT2D eigenvalue weighted by atomic mass is 9.88. The third kappa shape index (κ3) is 2.91. The van der Waals surface area contributed by atoms with Gasteiger partial charge in [-0.1, -0.05) is 24.3 Å². The first kappa shape index (κ1) is 15.2. The standard InChI is InChI=1S/C17H18FNO2S/c1-12-11-14(18)9-10-17(12)22(20,21)19-16-8-4-6-13-5-2-3-7-15(13)16/h2-3,5,7,9-11,16,19H,4,6,8H2,1H3/t16-/m0/s1. The number of benzene rings is 2. The zero-order valence-electron chi connectivity index (χ0n) is 12.3. The van der Waals surface area contributed by atoms with E-state index in [1.54, 1.807) is 6.92 Å². The van der Waals surface area contributed by atoms with Gasteiger partial charge in [0, 0.05) is 6.04 Å². The molecule has 0 spiro atoms. The van der Waals surface area contributed by atoms with Crippen molar-refractivity contribution >= 4 is 10.0 Å². The molecule has 1 N–H and O–H groups in total. The maximum Gasteiger partial charge on any atom is 0.241 e. The maximum atomic E-state index is 13.2. The molecule has 0 amide bonds. The fourth-order valence-electron chi connectivity index (χ4n) is 3.04. The second-order valence-electron chi connectivity index (χ2n) is 5.67. The molecule has 0 heterocycles. The first-order chi connectivity index (χ1) is 10.5. The Bertz CT molecular complexity index is 802. The molecule has 22 heavy (non-hydrogen) atoms. The van der Waals surface area contributed by atoms with Gasteiger partial charge in [-0.2, -0.15) is 0 Å². The van der Waals surface area contributed by atoms with Crippen LogP contribution in [0.1, 0.15) is 35.6 Å². The Labute approximate surface area is 130 Å². The zero-order valence-corrected chi connectivity index (χ0v) is 13.2. The van der Waals surface area contributed by atoms with Gasteiger partial charge in [-0.15, -0.1) is 0 Å². The fraction of sp³-hybridized carbons (Fsp3) is 0.294. The van der Waals surface area contributed by atoms with Gasteiger partial charge in [0.2, 0.25) is 10.0 Å². The number of halogens is 1. The van der Waals surface area contributed by atoms with Crippen LogP contribution in [-0.4, -0.2) is 8.42 Å². The first-order valence-electron chi connectivity index (χ1n) is 7.34. The van der Waals surface area contributed by atoms with Crippen molar-refractivity contribution in [2.75, 3.05) is 0 Å². The van der Waals surface area contributed by atoms with Crippen LogP contribution in [0.3, 0.4) is 0 Å². The molecule has 0 saturated heterocycles. The molecule has 116 valence electrons. The van der Waals surface area contributed by atoms with E-state index in [9.17, 15) is 12.8 Å². The summed E-state index contributed by atoms with van der Waals surface area (Å²) in [7, 11) is -3.67. The molecule has 0 aromatic heterocycles. The molecule has 2 aromatic rings. The SMILES string of the molecule is Cc1cc(F)ccc1S(=O)(=O)N[C@H]1CCCc2ccccc21. The summed E-state index contributed by atoms with van der Waals surface area (Å²) < 4.78 is 41.2. The average Bonchev–Trinajstić information content (AvgIpc) is 2.47. The predicted octanol–water partition coefficient (Wildman–Crippen LogP) is 3.49. The van der Waals surface area contributed by atoms with Gasteiger partial charge in [0.1, 0.15) is 5.82 Å². The van der Waals surface area contributed by atoms with Crippen molar-refractivity contribution in [1.82, 2.24) is 4.72 Å². The highest BCUT2D eigenvalue weighted by molar-refractivity contribution is 7.89. The van der Waals surface area contributed by atoms with Crippen LogP contribution in [0.2, 0.25) is 0 Å². The van der Waals surface area contributed by atoms with Gasteiger partial charge in [0.15, 0.2) is 0 Å². The molecule has 3 nitrogen and oxygen atoms in total. The molecular formula is C17H18FNO2S. The van der Waals surface area contributed by atoms with Crippen LogP contribution in [-0.2, 0) is 16.4 Å². The van der Waals surface area contributed by atoms with Crippen LogP contribution in [0.15, 0.2) is 47.4 Å². The lowest BCUT2D eigenvalue weighted by molar-refractivity contribution is 0.507. The van der Waals surface area contributed by atoms with Gasteiger partial charge in [-0.05, 0) is 61.1 Å². The third-order valence-corrected chi connectivity index (χ3v) is 5.73. The van der Waals surface area contributed by atoms with Gasteiger partial charge in [-0.25, -0.2) is 17.5 Å². The second-order valence-corrected chi connectivity index (χ2v) is 7.36. The Morgan fingerprint density at radius 1 is 1.18 bits per heavy atom. The molecule has 1 aliphatic rings. The van der Waals surface area contributed by atoms with E-state index in [4.69, 9.17) is 0 Å². The second kappa shape index (κ2) is 5.82. The van der Waals surface area contributed by atoms with E-state index >= 15 is 0 Å². The first-order valence-corrected chi connectivity index (χ1v) is 8.82. The maximum absolute atomic E-state index is 13.2. The third-order valence-electron chi connectivity index (χ3n) is 4.09. The van der Waals surface area contributed by atoms with E-state index in [2.05, 4.69) is 4.72 Å². The predicted molar refractivity (Wildman–Crippen MR) is 83.6 cm³/mol. The van der Waals surface area contributed by atoms with Crippen LogP contribution in [0.25, 0.3) is 0 Å². The van der Waals surface area contributed by atoms with E-state index in [-0.39, 0.29) is 10.9 Å². The van der Waals surface area contributed by atoms with E-state index in [1.165, 1.54) is 23.8 Å². The number of aryl methyl sites for hydroxylation is 2. The van der Waals surface area contributed by atoms with Crippen molar-refractivity contribution in [3.8, 4) is 0 Å². The fourth-order valence-corrected chi connectivity index (χ4v) is 4.52. The molecule has 0 bridgehead atoms. The molecule has 0 unspecified atom stereocenters. The molecule has 0 aliphatic heterocycles. The number of rotatable bonds is 3. The van der Waals surface area contributed by atoms with Crippen molar-refractivity contribution in [1.29, 1.82) is 0 Å². The molecule has 1 atom stereocenters. The monoisotopic (exact) mass is 319 g/mol. The summed E-state index contributed by atoms with van der Waals surface area (Å²) in [6.45, 7) is 1.60. The Kier molecular flexibility index (Phi) is 4.02. The number of sulfonamides is 1. The molecule has 0 radical (unpaired) electrons. The van der Waals surface area contributed by atoms with Crippen LogP contribution < -0.4 is 4.72 Å². The minimum Gasteiger partial charge on any atom is -0.207 e. The molecule has 3 rings (SSSR count). The van der Waals surface area contributed by atoms with Crippen LogP contribution in [0.5, 0.6) is 0 Å². The Hall–Kier alpha value is -1.72. The number of hydrogen-bond donors (Lipinski definition) is 1. The van der Waals surface area contributed by atoms with Crippen LogP contribution in [0, 0.1) is 12.7 Å². The average molecular weight is 319 g/mol. The summed E-state index contributed by atoms with van der Waals surface area (Å²) in [5.41, 5.74) is 2.64. The van der Waals surface area contributed by atoms with Crippen molar-refractivity contribution in [2.45, 2.75) is 37.1 Å². The largest absolute Gasteiger partial charge is 0.241 e. The lowest BCUT2D eigenvalue weighted by Crippen LogP contribution is -2.31. The molecule has 0 saturated carbocycles. The molecule has 2 aromatic carbocycles. The Morgan fingerprint density at radius 3 is 2.73 bits per heavy atom. The Morgan fingerprint density at radius 2 is 1.95 bits per heavy atom. The van der Waals surface area contributed by atoms with Crippen LogP contribution in [0.4, 0.5) is 4.39 Å². The summed E-state index contributed by atoms with van der Waals surface area (Å²) in [5.74, 6) is -0.431. The number of hydrogen-bond acceptors (Lipinski definition) is 2. The molecule has 5 heteroatoms. The van der Waals surface area contributed by atoms with E-state index < -0.39 is 15.8 Å². The summed E-state index contributed by atoms with van der Waals surface area (Å²) >= 11 is 0. The van der Waals surface area contributed by atoms with Crippen LogP contribution >= 0.6 is 0 Å². The van der Waals surface area contributed by atoms with Crippen molar-refractivity contribution in [2.24, 2.45) is 0 Å². The van der Waals surface area contributed by atoms with Crippen molar-refractivity contribution in [3.05, 3.63) is 65.0 Å². The Balaban J connectivity index is 1.93. The summed E-state index contributed by atoms with van der Waals surface area (Å²) in [5, 5.41) is 0. The zero-order chi connectivity index (χ0) is 15.7. The van der Waals surface area contributed by atoms with Gasteiger partial charge in [0.25, 0.3) is 0 Å². The van der Waals surface area contributed by atoms with E-state index in [0.29, 0.717) is 5.56 Å². The molecular weight excluding hydrogens is 301 g/mol. The van der Waals surface area contributed by atoms with Crippen molar-refractivity contribution in [3.63, 3.8) is 0 Å². The highest BCUT2D eigenvalue weighted by Crippen LogP contribution is 2.31.